The molecule has 0 radical (unpaired) electrons. The van der Waals surface area contributed by atoms with E-state index in [9.17, 15) is 13.2 Å². The summed E-state index contributed by atoms with van der Waals surface area (Å²) in [4.78, 5) is 14.1. The average Bonchev–Trinajstić information content (AvgIpc) is 2.54. The van der Waals surface area contributed by atoms with Gasteiger partial charge in [0.05, 0.1) is 18.6 Å². The third-order valence-electron chi connectivity index (χ3n) is 4.15. The lowest BCUT2D eigenvalue weighted by Gasteiger charge is -2.33. The molecule has 0 bridgehead atoms. The molecule has 140 valence electrons. The number of rotatable bonds is 6. The number of carbonyl (C=O) groups is 1. The lowest BCUT2D eigenvalue weighted by molar-refractivity contribution is -0.123. The van der Waals surface area contributed by atoms with Crippen molar-refractivity contribution in [3.05, 3.63) is 23.8 Å². The molecule has 1 N–H and O–H groups in total. The lowest BCUT2D eigenvalue weighted by atomic mass is 10.2. The molecule has 2 rings (SSSR count). The predicted octanol–water partition coefficient (Wildman–Crippen LogP) is 0.835. The molecule has 1 aliphatic heterocycles. The van der Waals surface area contributed by atoms with Crippen LogP contribution in [0.15, 0.2) is 23.1 Å². The minimum absolute atomic E-state index is 0.0305. The zero-order chi connectivity index (χ0) is 18.6. The normalized spacial score (nSPS) is 16.8. The maximum Gasteiger partial charge on any atom is 0.243 e. The Labute approximate surface area is 150 Å². The van der Waals surface area contributed by atoms with E-state index < -0.39 is 10.0 Å². The first-order chi connectivity index (χ1) is 11.7. The summed E-state index contributed by atoms with van der Waals surface area (Å²) in [5.74, 6) is 0.636. The van der Waals surface area contributed by atoms with Crippen molar-refractivity contribution < 1.29 is 17.9 Å². The van der Waals surface area contributed by atoms with E-state index in [1.54, 1.807) is 25.3 Å². The third kappa shape index (κ3) is 4.93. The van der Waals surface area contributed by atoms with Gasteiger partial charge in [0.15, 0.2) is 0 Å². The van der Waals surface area contributed by atoms with Gasteiger partial charge in [-0.3, -0.25) is 9.69 Å². The van der Waals surface area contributed by atoms with E-state index in [1.807, 2.05) is 25.7 Å². The molecule has 1 saturated heterocycles. The minimum atomic E-state index is -3.53. The quantitative estimate of drug-likeness (QED) is 0.804. The maximum absolute atomic E-state index is 12.8. The first-order valence-corrected chi connectivity index (χ1v) is 9.84. The number of carbonyl (C=O) groups excluding carboxylic acids is 1. The van der Waals surface area contributed by atoms with Crippen molar-refractivity contribution in [2.24, 2.45) is 0 Å². The van der Waals surface area contributed by atoms with Crippen LogP contribution in [0.1, 0.15) is 19.4 Å². The average molecular weight is 369 g/mol. The standard InChI is InChI=1S/C17H27N3O4S/c1-13(2)18-17(21)12-19-7-9-20(10-8-19)25(22,23)15-5-6-16(24-4)14(3)11-15/h5-6,11,13H,7-10,12H2,1-4H3,(H,18,21). The number of sulfonamides is 1. The number of amides is 1. The number of hydrogen-bond donors (Lipinski definition) is 1. The van der Waals surface area contributed by atoms with Gasteiger partial charge < -0.3 is 10.1 Å². The third-order valence-corrected chi connectivity index (χ3v) is 6.05. The summed E-state index contributed by atoms with van der Waals surface area (Å²) < 4.78 is 32.3. The number of piperazine rings is 1. The van der Waals surface area contributed by atoms with Crippen molar-refractivity contribution in [1.82, 2.24) is 14.5 Å². The molecule has 7 nitrogen and oxygen atoms in total. The number of benzene rings is 1. The van der Waals surface area contributed by atoms with Gasteiger partial charge in [0.25, 0.3) is 0 Å². The number of aryl methyl sites for hydroxylation is 1. The SMILES string of the molecule is COc1ccc(S(=O)(=O)N2CCN(CC(=O)NC(C)C)CC2)cc1C. The molecule has 1 heterocycles. The molecule has 25 heavy (non-hydrogen) atoms. The van der Waals surface area contributed by atoms with Gasteiger partial charge in [0.2, 0.25) is 15.9 Å². The van der Waals surface area contributed by atoms with Gasteiger partial charge in [-0.15, -0.1) is 0 Å². The molecular formula is C17H27N3O4S. The zero-order valence-corrected chi connectivity index (χ0v) is 16.1. The Bertz CT molecular complexity index is 711. The van der Waals surface area contributed by atoms with Gasteiger partial charge in [0, 0.05) is 32.2 Å². The van der Waals surface area contributed by atoms with Crippen LogP contribution < -0.4 is 10.1 Å². The molecule has 0 saturated carbocycles. The van der Waals surface area contributed by atoms with E-state index >= 15 is 0 Å². The molecule has 1 aromatic rings. The van der Waals surface area contributed by atoms with Crippen LogP contribution in [0.4, 0.5) is 0 Å². The Morgan fingerprint density at radius 1 is 1.24 bits per heavy atom. The summed E-state index contributed by atoms with van der Waals surface area (Å²) in [6, 6.07) is 4.99. The second-order valence-electron chi connectivity index (χ2n) is 6.53. The Morgan fingerprint density at radius 3 is 2.40 bits per heavy atom. The van der Waals surface area contributed by atoms with Gasteiger partial charge in [-0.05, 0) is 44.5 Å². The number of nitrogens with one attached hydrogen (secondary N) is 1. The second-order valence-corrected chi connectivity index (χ2v) is 8.47. The van der Waals surface area contributed by atoms with Crippen LogP contribution >= 0.6 is 0 Å². The van der Waals surface area contributed by atoms with Crippen molar-refractivity contribution in [2.45, 2.75) is 31.7 Å². The molecule has 0 aromatic heterocycles. The Kier molecular flexibility index (Phi) is 6.42. The smallest absolute Gasteiger partial charge is 0.243 e. The molecule has 8 heteroatoms. The Morgan fingerprint density at radius 2 is 1.88 bits per heavy atom. The molecule has 1 fully saturated rings. The fourth-order valence-corrected chi connectivity index (χ4v) is 4.37. The van der Waals surface area contributed by atoms with Gasteiger partial charge in [-0.2, -0.15) is 4.31 Å². The molecule has 1 amide bonds. The van der Waals surface area contributed by atoms with E-state index in [-0.39, 0.29) is 16.8 Å². The summed E-state index contributed by atoms with van der Waals surface area (Å²) in [6.07, 6.45) is 0. The molecule has 0 aliphatic carbocycles. The fraction of sp³-hybridized carbons (Fsp3) is 0.588. The minimum Gasteiger partial charge on any atom is -0.496 e. The Hall–Kier alpha value is -1.64. The first-order valence-electron chi connectivity index (χ1n) is 8.40. The van der Waals surface area contributed by atoms with Crippen LogP contribution in [-0.2, 0) is 14.8 Å². The van der Waals surface area contributed by atoms with Crippen molar-refractivity contribution in [3.63, 3.8) is 0 Å². The molecular weight excluding hydrogens is 342 g/mol. The molecule has 1 aliphatic rings. The number of hydrogen-bond acceptors (Lipinski definition) is 5. The lowest BCUT2D eigenvalue weighted by Crippen LogP contribution is -2.51. The van der Waals surface area contributed by atoms with Crippen molar-refractivity contribution in [1.29, 1.82) is 0 Å². The van der Waals surface area contributed by atoms with Crippen molar-refractivity contribution in [2.75, 3.05) is 39.8 Å². The molecule has 0 spiro atoms. The van der Waals surface area contributed by atoms with Crippen LogP contribution in [0.5, 0.6) is 5.75 Å². The highest BCUT2D eigenvalue weighted by atomic mass is 32.2. The predicted molar refractivity (Wildman–Crippen MR) is 96.2 cm³/mol. The van der Waals surface area contributed by atoms with Crippen molar-refractivity contribution in [3.8, 4) is 5.75 Å². The summed E-state index contributed by atoms with van der Waals surface area (Å²) in [5.41, 5.74) is 0.785. The van der Waals surface area contributed by atoms with Crippen LogP contribution in [0, 0.1) is 6.92 Å². The first kappa shape index (κ1) is 19.7. The summed E-state index contributed by atoms with van der Waals surface area (Å²) in [5, 5.41) is 2.85. The van der Waals surface area contributed by atoms with Gasteiger partial charge in [-0.25, -0.2) is 8.42 Å². The van der Waals surface area contributed by atoms with Gasteiger partial charge >= 0.3 is 0 Å². The zero-order valence-electron chi connectivity index (χ0n) is 15.3. The van der Waals surface area contributed by atoms with E-state index in [0.29, 0.717) is 38.5 Å². The highest BCUT2D eigenvalue weighted by Crippen LogP contribution is 2.24. The highest BCUT2D eigenvalue weighted by Gasteiger charge is 2.29. The molecule has 0 unspecified atom stereocenters. The fourth-order valence-electron chi connectivity index (χ4n) is 2.86. The number of nitrogens with zero attached hydrogens (tertiary/aromatic N) is 2. The van der Waals surface area contributed by atoms with E-state index in [4.69, 9.17) is 4.74 Å². The second kappa shape index (κ2) is 8.16. The van der Waals surface area contributed by atoms with Crippen LogP contribution in [-0.4, -0.2) is 69.4 Å². The summed E-state index contributed by atoms with van der Waals surface area (Å²) in [6.45, 7) is 7.79. The number of ether oxygens (including phenoxy) is 1. The van der Waals surface area contributed by atoms with Crippen LogP contribution in [0.2, 0.25) is 0 Å². The van der Waals surface area contributed by atoms with Gasteiger partial charge in [0.1, 0.15) is 5.75 Å². The van der Waals surface area contributed by atoms with E-state index in [2.05, 4.69) is 5.32 Å². The topological polar surface area (TPSA) is 79.0 Å². The summed E-state index contributed by atoms with van der Waals surface area (Å²) >= 11 is 0. The van der Waals surface area contributed by atoms with Gasteiger partial charge in [-0.1, -0.05) is 0 Å². The summed E-state index contributed by atoms with van der Waals surface area (Å²) in [7, 11) is -1.97. The van der Waals surface area contributed by atoms with E-state index in [0.717, 1.165) is 5.56 Å². The molecule has 1 aromatic carbocycles. The van der Waals surface area contributed by atoms with Crippen molar-refractivity contribution >= 4 is 15.9 Å². The number of methoxy groups -OCH3 is 1. The largest absolute Gasteiger partial charge is 0.496 e. The molecule has 0 atom stereocenters. The van der Waals surface area contributed by atoms with E-state index in [1.165, 1.54) is 4.31 Å². The highest BCUT2D eigenvalue weighted by molar-refractivity contribution is 7.89. The maximum atomic E-state index is 12.8. The Balaban J connectivity index is 1.99. The monoisotopic (exact) mass is 369 g/mol. The van der Waals surface area contributed by atoms with Crippen LogP contribution in [0.25, 0.3) is 0 Å². The van der Waals surface area contributed by atoms with Crippen LogP contribution in [0.3, 0.4) is 0 Å².